The Morgan fingerprint density at radius 3 is 2.71 bits per heavy atom. The SMILES string of the molecule is CCCNC(=O)CN=C(N)NC(C)COC.I. The molecule has 4 N–H and O–H groups in total. The third-order valence-corrected chi connectivity index (χ3v) is 1.78. The van der Waals surface area contributed by atoms with Crippen molar-refractivity contribution in [1.29, 1.82) is 0 Å². The number of nitrogens with two attached hydrogens (primary N) is 1. The van der Waals surface area contributed by atoms with E-state index in [-0.39, 0.29) is 48.4 Å². The Bertz CT molecular complexity index is 236. The summed E-state index contributed by atoms with van der Waals surface area (Å²) < 4.78 is 4.93. The molecule has 0 aromatic carbocycles. The van der Waals surface area contributed by atoms with Crippen molar-refractivity contribution in [2.45, 2.75) is 26.3 Å². The Balaban J connectivity index is 0. The standard InChI is InChI=1S/C10H22N4O2.HI/c1-4-5-12-9(15)6-13-10(11)14-8(2)7-16-3;/h8H,4-7H2,1-3H3,(H,12,15)(H3,11,13,14);1H. The molecule has 0 saturated heterocycles. The van der Waals surface area contributed by atoms with Gasteiger partial charge in [0.15, 0.2) is 5.96 Å². The minimum atomic E-state index is -0.119. The largest absolute Gasteiger partial charge is 0.383 e. The van der Waals surface area contributed by atoms with Crippen LogP contribution in [0.25, 0.3) is 0 Å². The number of halogens is 1. The number of rotatable bonds is 7. The first kappa shape index (κ1) is 18.8. The second-order valence-corrected chi connectivity index (χ2v) is 3.55. The molecule has 0 radical (unpaired) electrons. The molecule has 0 heterocycles. The van der Waals surface area contributed by atoms with Gasteiger partial charge in [0.25, 0.3) is 0 Å². The highest BCUT2D eigenvalue weighted by molar-refractivity contribution is 14.0. The van der Waals surface area contributed by atoms with Gasteiger partial charge in [-0.1, -0.05) is 6.92 Å². The number of ether oxygens (including phenoxy) is 1. The van der Waals surface area contributed by atoms with Crippen LogP contribution in [0.4, 0.5) is 0 Å². The molecular weight excluding hydrogens is 335 g/mol. The predicted molar refractivity (Wildman–Crippen MR) is 79.7 cm³/mol. The molecule has 0 bridgehead atoms. The van der Waals surface area contributed by atoms with E-state index < -0.39 is 0 Å². The van der Waals surface area contributed by atoms with Crippen molar-refractivity contribution in [3.8, 4) is 0 Å². The van der Waals surface area contributed by atoms with E-state index in [9.17, 15) is 4.79 Å². The van der Waals surface area contributed by atoms with Gasteiger partial charge in [0.2, 0.25) is 5.91 Å². The molecule has 0 rings (SSSR count). The third-order valence-electron chi connectivity index (χ3n) is 1.78. The third kappa shape index (κ3) is 11.7. The van der Waals surface area contributed by atoms with Crippen LogP contribution < -0.4 is 16.4 Å². The number of amides is 1. The zero-order valence-corrected chi connectivity index (χ0v) is 13.0. The van der Waals surface area contributed by atoms with Gasteiger partial charge >= 0.3 is 0 Å². The number of methoxy groups -OCH3 is 1. The number of carbonyl (C=O) groups excluding carboxylic acids is 1. The maximum Gasteiger partial charge on any atom is 0.241 e. The molecule has 0 aliphatic rings. The number of nitrogens with zero attached hydrogens (tertiary/aromatic N) is 1. The quantitative estimate of drug-likeness (QED) is 0.341. The maximum atomic E-state index is 11.2. The number of hydrogen-bond acceptors (Lipinski definition) is 3. The molecule has 0 aromatic heterocycles. The van der Waals surface area contributed by atoms with Gasteiger partial charge in [-0.05, 0) is 13.3 Å². The number of hydrogen-bond donors (Lipinski definition) is 3. The van der Waals surface area contributed by atoms with Crippen LogP contribution in [0.2, 0.25) is 0 Å². The number of guanidine groups is 1. The van der Waals surface area contributed by atoms with Crippen LogP contribution in [-0.2, 0) is 9.53 Å². The van der Waals surface area contributed by atoms with Gasteiger partial charge in [0.05, 0.1) is 6.61 Å². The van der Waals surface area contributed by atoms with E-state index in [1.54, 1.807) is 7.11 Å². The normalized spacial score (nSPS) is 12.5. The van der Waals surface area contributed by atoms with E-state index in [1.165, 1.54) is 0 Å². The van der Waals surface area contributed by atoms with Crippen LogP contribution >= 0.6 is 24.0 Å². The summed E-state index contributed by atoms with van der Waals surface area (Å²) in [6.45, 7) is 5.17. The van der Waals surface area contributed by atoms with E-state index in [0.29, 0.717) is 13.2 Å². The predicted octanol–water partition coefficient (Wildman–Crippen LogP) is 0.0698. The van der Waals surface area contributed by atoms with Crippen molar-refractivity contribution >= 4 is 35.8 Å². The highest BCUT2D eigenvalue weighted by atomic mass is 127. The van der Waals surface area contributed by atoms with E-state index >= 15 is 0 Å². The average Bonchev–Trinajstić information content (AvgIpc) is 2.23. The van der Waals surface area contributed by atoms with Gasteiger partial charge in [-0.2, -0.15) is 0 Å². The smallest absolute Gasteiger partial charge is 0.241 e. The molecule has 17 heavy (non-hydrogen) atoms. The van der Waals surface area contributed by atoms with Crippen molar-refractivity contribution in [3.05, 3.63) is 0 Å². The first-order valence-corrected chi connectivity index (χ1v) is 5.42. The molecule has 0 saturated carbocycles. The van der Waals surface area contributed by atoms with Crippen molar-refractivity contribution < 1.29 is 9.53 Å². The van der Waals surface area contributed by atoms with Gasteiger partial charge in [0, 0.05) is 19.7 Å². The lowest BCUT2D eigenvalue weighted by atomic mass is 10.4. The first-order valence-electron chi connectivity index (χ1n) is 5.42. The zero-order chi connectivity index (χ0) is 12.4. The molecule has 1 atom stereocenters. The van der Waals surface area contributed by atoms with Gasteiger partial charge in [-0.15, -0.1) is 24.0 Å². The van der Waals surface area contributed by atoms with E-state index in [1.807, 2.05) is 13.8 Å². The van der Waals surface area contributed by atoms with Gasteiger partial charge in [-0.3, -0.25) is 4.79 Å². The Morgan fingerprint density at radius 1 is 1.53 bits per heavy atom. The molecule has 0 aliphatic heterocycles. The number of aliphatic imine (C=N–C) groups is 1. The molecule has 6 nitrogen and oxygen atoms in total. The minimum absolute atomic E-state index is 0. The van der Waals surface area contributed by atoms with Crippen LogP contribution in [-0.4, -0.2) is 44.7 Å². The number of nitrogens with one attached hydrogen (secondary N) is 2. The average molecular weight is 358 g/mol. The van der Waals surface area contributed by atoms with Gasteiger partial charge in [-0.25, -0.2) is 4.99 Å². The van der Waals surface area contributed by atoms with Gasteiger partial charge in [0.1, 0.15) is 6.54 Å². The van der Waals surface area contributed by atoms with Crippen LogP contribution in [0.3, 0.4) is 0 Å². The lowest BCUT2D eigenvalue weighted by Crippen LogP contribution is -2.41. The summed E-state index contributed by atoms with van der Waals surface area (Å²) in [7, 11) is 1.61. The minimum Gasteiger partial charge on any atom is -0.383 e. The highest BCUT2D eigenvalue weighted by Crippen LogP contribution is 1.82. The Morgan fingerprint density at radius 2 is 2.18 bits per heavy atom. The molecule has 0 aromatic rings. The lowest BCUT2D eigenvalue weighted by molar-refractivity contribution is -0.119. The molecule has 1 amide bonds. The summed E-state index contributed by atoms with van der Waals surface area (Å²) in [4.78, 5) is 15.1. The monoisotopic (exact) mass is 358 g/mol. The molecule has 0 spiro atoms. The zero-order valence-electron chi connectivity index (χ0n) is 10.7. The van der Waals surface area contributed by atoms with E-state index in [4.69, 9.17) is 10.5 Å². The summed E-state index contributed by atoms with van der Waals surface area (Å²) in [6, 6.07) is 0.0763. The van der Waals surface area contributed by atoms with E-state index in [0.717, 1.165) is 6.42 Å². The summed E-state index contributed by atoms with van der Waals surface area (Å²) in [5, 5.41) is 5.63. The fourth-order valence-electron chi connectivity index (χ4n) is 1.07. The van der Waals surface area contributed by atoms with E-state index in [2.05, 4.69) is 15.6 Å². The second-order valence-electron chi connectivity index (χ2n) is 3.55. The molecule has 0 fully saturated rings. The van der Waals surface area contributed by atoms with Crippen LogP contribution in [0, 0.1) is 0 Å². The number of carbonyl (C=O) groups is 1. The highest BCUT2D eigenvalue weighted by Gasteiger charge is 2.02. The summed E-state index contributed by atoms with van der Waals surface area (Å²) in [6.07, 6.45) is 0.911. The topological polar surface area (TPSA) is 88.7 Å². The molecular formula is C10H23IN4O2. The van der Waals surface area contributed by atoms with Crippen molar-refractivity contribution in [1.82, 2.24) is 10.6 Å². The van der Waals surface area contributed by atoms with Gasteiger partial charge < -0.3 is 21.1 Å². The molecule has 7 heteroatoms. The molecule has 102 valence electrons. The lowest BCUT2D eigenvalue weighted by Gasteiger charge is -2.12. The Kier molecular flexibility index (Phi) is 13.2. The first-order chi connectivity index (χ1) is 7.60. The van der Waals surface area contributed by atoms with Crippen LogP contribution in [0.15, 0.2) is 4.99 Å². The van der Waals surface area contributed by atoms with Crippen molar-refractivity contribution in [2.75, 3.05) is 26.8 Å². The van der Waals surface area contributed by atoms with Crippen molar-refractivity contribution in [3.63, 3.8) is 0 Å². The Labute approximate surface area is 120 Å². The maximum absolute atomic E-state index is 11.2. The van der Waals surface area contributed by atoms with Crippen molar-refractivity contribution in [2.24, 2.45) is 10.7 Å². The molecule has 0 aliphatic carbocycles. The summed E-state index contributed by atoms with van der Waals surface area (Å²) in [5.41, 5.74) is 5.59. The summed E-state index contributed by atoms with van der Waals surface area (Å²) in [5.74, 6) is 0.141. The van der Waals surface area contributed by atoms with Crippen LogP contribution in [0.5, 0.6) is 0 Å². The van der Waals surface area contributed by atoms with Crippen LogP contribution in [0.1, 0.15) is 20.3 Å². The fraction of sp³-hybridized carbons (Fsp3) is 0.800. The Hall–Kier alpha value is -0.570. The fourth-order valence-corrected chi connectivity index (χ4v) is 1.07. The second kappa shape index (κ2) is 11.9. The molecule has 1 unspecified atom stereocenters. The summed E-state index contributed by atoms with van der Waals surface area (Å²) >= 11 is 0.